The fraction of sp³-hybridized carbons (Fsp3) is 1.00. The molecule has 1 heterocycles. The zero-order chi connectivity index (χ0) is 9.03. The normalized spacial score (nSPS) is 24.2. The maximum Gasteiger partial charge on any atom is 0.0960 e. The first-order chi connectivity index (χ1) is 5.67. The number of hydrogen-bond donors (Lipinski definition) is 0. The van der Waals surface area contributed by atoms with E-state index in [-0.39, 0.29) is 0 Å². The molecule has 3 heteroatoms. The Kier molecular flexibility index (Phi) is 3.74. The van der Waals surface area contributed by atoms with E-state index in [0.29, 0.717) is 0 Å². The summed E-state index contributed by atoms with van der Waals surface area (Å²) >= 11 is 0. The number of nitrogens with zero attached hydrogens (tertiary/aromatic N) is 2. The van der Waals surface area contributed by atoms with Gasteiger partial charge in [0.25, 0.3) is 0 Å². The smallest absolute Gasteiger partial charge is 0.0960 e. The van der Waals surface area contributed by atoms with Crippen molar-refractivity contribution in [3.8, 4) is 0 Å². The van der Waals surface area contributed by atoms with E-state index in [1.807, 2.05) is 0 Å². The van der Waals surface area contributed by atoms with Crippen molar-refractivity contribution in [2.75, 3.05) is 33.7 Å². The topological polar surface area (TPSA) is 3.24 Å². The van der Waals surface area contributed by atoms with E-state index < -0.39 is 0 Å². The number of hydrogen-bond acceptors (Lipinski definition) is 1. The van der Waals surface area contributed by atoms with Crippen molar-refractivity contribution in [1.29, 1.82) is 0 Å². The summed E-state index contributed by atoms with van der Waals surface area (Å²) < 4.78 is 1.09. The van der Waals surface area contributed by atoms with Crippen LogP contribution >= 0.6 is 0 Å². The second-order valence-corrected chi connectivity index (χ2v) is 4.61. The zero-order valence-electron chi connectivity index (χ0n) is 8.34. The molecular weight excluding hydrogens is 164 g/mol. The fourth-order valence-corrected chi connectivity index (χ4v) is 2.01. The molecule has 69 valence electrons. The van der Waals surface area contributed by atoms with Crippen molar-refractivity contribution in [2.24, 2.45) is 0 Å². The lowest BCUT2D eigenvalue weighted by Crippen LogP contribution is -2.58. The Morgan fingerprint density at radius 1 is 1.33 bits per heavy atom. The largest absolute Gasteiger partial charge is 0.248 e. The van der Waals surface area contributed by atoms with Gasteiger partial charge in [-0.1, -0.05) is 6.04 Å². The molecule has 0 aromatic heterocycles. The molecule has 0 atom stereocenters. The van der Waals surface area contributed by atoms with Crippen molar-refractivity contribution in [1.82, 2.24) is 5.01 Å². The highest BCUT2D eigenvalue weighted by Crippen LogP contribution is 2.16. The van der Waals surface area contributed by atoms with Crippen LogP contribution in [0.1, 0.15) is 19.3 Å². The van der Waals surface area contributed by atoms with E-state index in [1.165, 1.54) is 38.9 Å². The highest BCUT2D eigenvalue weighted by atomic mass is 28.1. The van der Waals surface area contributed by atoms with Crippen molar-refractivity contribution < 1.29 is 4.59 Å². The van der Waals surface area contributed by atoms with Crippen LogP contribution in [0.25, 0.3) is 0 Å². The molecule has 1 rings (SSSR count). The minimum atomic E-state index is 1.09. The van der Waals surface area contributed by atoms with Crippen molar-refractivity contribution >= 4 is 10.2 Å². The summed E-state index contributed by atoms with van der Waals surface area (Å²) in [6.45, 7) is 3.82. The van der Waals surface area contributed by atoms with Crippen molar-refractivity contribution in [3.05, 3.63) is 0 Å². The lowest BCUT2D eigenvalue weighted by atomic mass is 10.2. The zero-order valence-corrected chi connectivity index (χ0v) is 9.34. The van der Waals surface area contributed by atoms with Crippen LogP contribution in [-0.2, 0) is 0 Å². The molecule has 0 spiro atoms. The van der Waals surface area contributed by atoms with E-state index in [0.717, 1.165) is 10.6 Å². The van der Waals surface area contributed by atoms with Crippen molar-refractivity contribution in [3.63, 3.8) is 0 Å². The summed E-state index contributed by atoms with van der Waals surface area (Å²) in [5.41, 5.74) is 0. The molecule has 0 aliphatic carbocycles. The third kappa shape index (κ3) is 2.57. The van der Waals surface area contributed by atoms with Gasteiger partial charge >= 0.3 is 0 Å². The van der Waals surface area contributed by atoms with Crippen LogP contribution in [-0.4, -0.2) is 53.6 Å². The standard InChI is InChI=1S/C9H20N2Si/c1-11(2)8-4-3-6-10(11)7-5-9-12/h3-9H2,1-2H3/q+1. The molecule has 0 N–H and O–H groups in total. The highest BCUT2D eigenvalue weighted by Gasteiger charge is 2.28. The van der Waals surface area contributed by atoms with Crippen LogP contribution in [0.15, 0.2) is 0 Å². The van der Waals surface area contributed by atoms with E-state index >= 15 is 0 Å². The van der Waals surface area contributed by atoms with Gasteiger partial charge in [-0.25, -0.2) is 4.59 Å². The molecule has 1 aliphatic rings. The van der Waals surface area contributed by atoms with Gasteiger partial charge in [-0.3, -0.25) is 0 Å². The maximum absolute atomic E-state index is 3.53. The van der Waals surface area contributed by atoms with Gasteiger partial charge in [-0.2, -0.15) is 5.01 Å². The fourth-order valence-electron chi connectivity index (χ4n) is 1.85. The molecule has 0 amide bonds. The third-order valence-corrected chi connectivity index (χ3v) is 3.08. The Hall–Kier alpha value is 0.137. The molecular formula is C9H20N2Si+. The Morgan fingerprint density at radius 2 is 2.08 bits per heavy atom. The van der Waals surface area contributed by atoms with Crippen LogP contribution in [0.5, 0.6) is 0 Å². The summed E-state index contributed by atoms with van der Waals surface area (Å²) in [5.74, 6) is 0. The highest BCUT2D eigenvalue weighted by molar-refractivity contribution is 6.08. The molecule has 0 unspecified atom stereocenters. The van der Waals surface area contributed by atoms with Crippen molar-refractivity contribution in [2.45, 2.75) is 25.3 Å². The van der Waals surface area contributed by atoms with Gasteiger partial charge in [0.15, 0.2) is 0 Å². The summed E-state index contributed by atoms with van der Waals surface area (Å²) in [6, 6.07) is 1.12. The second-order valence-electron chi connectivity index (χ2n) is 4.11. The number of rotatable bonds is 3. The Labute approximate surface area is 79.5 Å². The van der Waals surface area contributed by atoms with Gasteiger partial charge in [0.05, 0.1) is 20.6 Å². The van der Waals surface area contributed by atoms with Gasteiger partial charge in [-0.05, 0) is 19.3 Å². The lowest BCUT2D eigenvalue weighted by molar-refractivity contribution is -1.01. The molecule has 0 aromatic rings. The summed E-state index contributed by atoms with van der Waals surface area (Å²) in [7, 11) is 8.15. The summed E-state index contributed by atoms with van der Waals surface area (Å²) in [4.78, 5) is 0. The van der Waals surface area contributed by atoms with E-state index in [1.54, 1.807) is 0 Å². The van der Waals surface area contributed by atoms with E-state index in [4.69, 9.17) is 0 Å². The number of quaternary nitrogens is 1. The maximum atomic E-state index is 3.53. The molecule has 0 bridgehead atoms. The average molecular weight is 184 g/mol. The predicted octanol–water partition coefficient (Wildman–Crippen LogP) is 1.05. The predicted molar refractivity (Wildman–Crippen MR) is 53.0 cm³/mol. The van der Waals surface area contributed by atoms with Crippen LogP contribution < -0.4 is 0 Å². The molecule has 1 fully saturated rings. The molecule has 0 aromatic carbocycles. The lowest BCUT2D eigenvalue weighted by Gasteiger charge is -2.43. The first-order valence-electron chi connectivity index (χ1n) is 4.90. The van der Waals surface area contributed by atoms with Crippen LogP contribution in [0.2, 0.25) is 6.04 Å². The monoisotopic (exact) mass is 184 g/mol. The molecule has 2 nitrogen and oxygen atoms in total. The minimum Gasteiger partial charge on any atom is -0.248 e. The third-order valence-electron chi connectivity index (χ3n) is 2.73. The van der Waals surface area contributed by atoms with Gasteiger partial charge in [0, 0.05) is 23.3 Å². The second kappa shape index (κ2) is 4.39. The quantitative estimate of drug-likeness (QED) is 0.468. The van der Waals surface area contributed by atoms with Crippen LogP contribution in [0, 0.1) is 0 Å². The van der Waals surface area contributed by atoms with Gasteiger partial charge in [0.1, 0.15) is 0 Å². The SMILES string of the molecule is C[N+]1(C)CCCCN1CCC[Si]. The molecule has 0 saturated carbocycles. The Morgan fingerprint density at radius 3 is 2.67 bits per heavy atom. The summed E-state index contributed by atoms with van der Waals surface area (Å²) in [5, 5.41) is 2.57. The first-order valence-corrected chi connectivity index (χ1v) is 5.60. The molecule has 3 radical (unpaired) electrons. The van der Waals surface area contributed by atoms with Gasteiger partial charge in [-0.15, -0.1) is 0 Å². The average Bonchev–Trinajstić information content (AvgIpc) is 2.02. The minimum absolute atomic E-state index is 1.09. The molecule has 1 aliphatic heterocycles. The van der Waals surface area contributed by atoms with E-state index in [9.17, 15) is 0 Å². The van der Waals surface area contributed by atoms with Gasteiger partial charge in [0.2, 0.25) is 0 Å². The first kappa shape index (κ1) is 10.2. The van der Waals surface area contributed by atoms with Gasteiger partial charge < -0.3 is 0 Å². The van der Waals surface area contributed by atoms with Crippen LogP contribution in [0.3, 0.4) is 0 Å². The van der Waals surface area contributed by atoms with Crippen LogP contribution in [0.4, 0.5) is 0 Å². The Bertz CT molecular complexity index is 136. The molecule has 1 saturated heterocycles. The Balaban J connectivity index is 2.37. The van der Waals surface area contributed by atoms with E-state index in [2.05, 4.69) is 29.3 Å². The summed E-state index contributed by atoms with van der Waals surface area (Å²) in [6.07, 6.45) is 4.03. The molecule has 12 heavy (non-hydrogen) atoms.